The Morgan fingerprint density at radius 3 is 2.68 bits per heavy atom. The molecule has 0 fully saturated rings. The number of thiazole rings is 1. The third kappa shape index (κ3) is 2.28. The zero-order chi connectivity index (χ0) is 13.4. The second-order valence-corrected chi connectivity index (χ2v) is 6.29. The van der Waals surface area contributed by atoms with Gasteiger partial charge in [0, 0.05) is 18.0 Å². The van der Waals surface area contributed by atoms with Crippen molar-refractivity contribution in [2.45, 2.75) is 26.8 Å². The molecule has 2 heterocycles. The van der Waals surface area contributed by atoms with Crippen LogP contribution in [0.25, 0.3) is 0 Å². The van der Waals surface area contributed by atoms with E-state index in [1.807, 2.05) is 24.8 Å². The Kier molecular flexibility index (Phi) is 3.11. The number of benzene rings is 1. The molecule has 19 heavy (non-hydrogen) atoms. The summed E-state index contributed by atoms with van der Waals surface area (Å²) in [4.78, 5) is 19.8. The van der Waals surface area contributed by atoms with Crippen LogP contribution in [0.15, 0.2) is 24.3 Å². The van der Waals surface area contributed by atoms with Crippen molar-refractivity contribution in [2.75, 3.05) is 6.54 Å². The SMILES string of the molecule is Cc1nc(C(=O)N2CCc3ccccc3C2)c(C)s1. The van der Waals surface area contributed by atoms with Gasteiger partial charge in [0.1, 0.15) is 5.69 Å². The number of carbonyl (C=O) groups is 1. The average Bonchev–Trinajstić information content (AvgIpc) is 2.76. The van der Waals surface area contributed by atoms with Gasteiger partial charge in [-0.2, -0.15) is 0 Å². The van der Waals surface area contributed by atoms with Crippen LogP contribution in [0.1, 0.15) is 31.5 Å². The smallest absolute Gasteiger partial charge is 0.273 e. The molecule has 3 nitrogen and oxygen atoms in total. The normalized spacial score (nSPS) is 14.3. The Morgan fingerprint density at radius 1 is 1.26 bits per heavy atom. The Bertz CT molecular complexity index is 633. The molecular formula is C15H16N2OS. The topological polar surface area (TPSA) is 33.2 Å². The van der Waals surface area contributed by atoms with Crippen molar-refractivity contribution in [2.24, 2.45) is 0 Å². The maximum Gasteiger partial charge on any atom is 0.273 e. The molecule has 0 N–H and O–H groups in total. The van der Waals surface area contributed by atoms with E-state index in [9.17, 15) is 4.79 Å². The number of aryl methyl sites for hydroxylation is 2. The van der Waals surface area contributed by atoms with Gasteiger partial charge in [0.25, 0.3) is 5.91 Å². The molecule has 0 radical (unpaired) electrons. The number of hydrogen-bond acceptors (Lipinski definition) is 3. The highest BCUT2D eigenvalue weighted by atomic mass is 32.1. The van der Waals surface area contributed by atoms with Gasteiger partial charge in [-0.1, -0.05) is 24.3 Å². The molecule has 1 aliphatic rings. The summed E-state index contributed by atoms with van der Waals surface area (Å²) in [5, 5.41) is 0.957. The maximum atomic E-state index is 12.5. The van der Waals surface area contributed by atoms with E-state index in [0.717, 1.165) is 22.9 Å². The van der Waals surface area contributed by atoms with Gasteiger partial charge in [0.2, 0.25) is 0 Å². The highest BCUT2D eigenvalue weighted by molar-refractivity contribution is 7.11. The number of rotatable bonds is 1. The minimum Gasteiger partial charge on any atom is -0.333 e. The number of carbonyl (C=O) groups excluding carboxylic acids is 1. The van der Waals surface area contributed by atoms with Crippen molar-refractivity contribution < 1.29 is 4.79 Å². The van der Waals surface area contributed by atoms with Gasteiger partial charge in [-0.15, -0.1) is 11.3 Å². The van der Waals surface area contributed by atoms with Crippen LogP contribution in [-0.2, 0) is 13.0 Å². The van der Waals surface area contributed by atoms with E-state index in [2.05, 4.69) is 23.2 Å². The summed E-state index contributed by atoms with van der Waals surface area (Å²) in [6, 6.07) is 8.35. The molecule has 0 bridgehead atoms. The van der Waals surface area contributed by atoms with Crippen molar-refractivity contribution in [1.29, 1.82) is 0 Å². The van der Waals surface area contributed by atoms with E-state index in [0.29, 0.717) is 12.2 Å². The highest BCUT2D eigenvalue weighted by Gasteiger charge is 2.24. The number of hydrogen-bond donors (Lipinski definition) is 0. The molecule has 98 valence electrons. The Morgan fingerprint density at radius 2 is 2.00 bits per heavy atom. The zero-order valence-electron chi connectivity index (χ0n) is 11.1. The number of amides is 1. The van der Waals surface area contributed by atoms with Gasteiger partial charge in [0.15, 0.2) is 0 Å². The molecule has 1 amide bonds. The lowest BCUT2D eigenvalue weighted by Crippen LogP contribution is -2.36. The van der Waals surface area contributed by atoms with Gasteiger partial charge in [-0.05, 0) is 31.4 Å². The minimum atomic E-state index is 0.0661. The fraction of sp³-hybridized carbons (Fsp3) is 0.333. The first-order chi connectivity index (χ1) is 9.15. The summed E-state index contributed by atoms with van der Waals surface area (Å²) >= 11 is 1.59. The fourth-order valence-corrected chi connectivity index (χ4v) is 3.36. The van der Waals surface area contributed by atoms with E-state index in [-0.39, 0.29) is 5.91 Å². The summed E-state index contributed by atoms with van der Waals surface area (Å²) in [7, 11) is 0. The van der Waals surface area contributed by atoms with Crippen LogP contribution >= 0.6 is 11.3 Å². The molecule has 3 rings (SSSR count). The van der Waals surface area contributed by atoms with Crippen molar-refractivity contribution >= 4 is 17.2 Å². The fourth-order valence-electron chi connectivity index (χ4n) is 2.55. The summed E-state index contributed by atoms with van der Waals surface area (Å²) in [6.45, 7) is 5.40. The summed E-state index contributed by atoms with van der Waals surface area (Å²) in [5.41, 5.74) is 3.24. The van der Waals surface area contributed by atoms with Crippen molar-refractivity contribution in [3.05, 3.63) is 51.0 Å². The summed E-state index contributed by atoms with van der Waals surface area (Å²) in [6.07, 6.45) is 0.935. The molecule has 0 atom stereocenters. The van der Waals surface area contributed by atoms with Crippen LogP contribution in [0, 0.1) is 13.8 Å². The quantitative estimate of drug-likeness (QED) is 0.799. The average molecular weight is 272 g/mol. The van der Waals surface area contributed by atoms with E-state index in [4.69, 9.17) is 0 Å². The third-order valence-corrected chi connectivity index (χ3v) is 4.41. The molecule has 4 heteroatoms. The van der Waals surface area contributed by atoms with E-state index in [1.54, 1.807) is 11.3 Å². The standard InChI is InChI=1S/C15H16N2OS/c1-10-14(16-11(2)19-10)15(18)17-8-7-12-5-3-4-6-13(12)9-17/h3-6H,7-9H2,1-2H3. The minimum absolute atomic E-state index is 0.0661. The van der Waals surface area contributed by atoms with Crippen molar-refractivity contribution in [3.63, 3.8) is 0 Å². The molecule has 0 saturated carbocycles. The first-order valence-electron chi connectivity index (χ1n) is 6.45. The molecule has 0 unspecified atom stereocenters. The predicted molar refractivity (Wildman–Crippen MR) is 76.5 cm³/mol. The molecule has 0 saturated heterocycles. The molecule has 0 aliphatic carbocycles. The van der Waals surface area contributed by atoms with Gasteiger partial charge >= 0.3 is 0 Å². The lowest BCUT2D eigenvalue weighted by molar-refractivity contribution is 0.0728. The van der Waals surface area contributed by atoms with Crippen LogP contribution in [0.2, 0.25) is 0 Å². The largest absolute Gasteiger partial charge is 0.333 e. The number of aromatic nitrogens is 1. The summed E-state index contributed by atoms with van der Waals surface area (Å²) < 4.78 is 0. The van der Waals surface area contributed by atoms with E-state index < -0.39 is 0 Å². The Balaban J connectivity index is 1.85. The first kappa shape index (κ1) is 12.4. The third-order valence-electron chi connectivity index (χ3n) is 3.52. The molecular weight excluding hydrogens is 256 g/mol. The zero-order valence-corrected chi connectivity index (χ0v) is 12.0. The monoisotopic (exact) mass is 272 g/mol. The molecule has 1 aromatic carbocycles. The van der Waals surface area contributed by atoms with Crippen LogP contribution in [0.5, 0.6) is 0 Å². The van der Waals surface area contributed by atoms with Crippen molar-refractivity contribution in [3.8, 4) is 0 Å². The summed E-state index contributed by atoms with van der Waals surface area (Å²) in [5.74, 6) is 0.0661. The Hall–Kier alpha value is -1.68. The van der Waals surface area contributed by atoms with E-state index in [1.165, 1.54) is 11.1 Å². The van der Waals surface area contributed by atoms with Crippen LogP contribution < -0.4 is 0 Å². The lowest BCUT2D eigenvalue weighted by atomic mass is 10.00. The molecule has 1 aromatic heterocycles. The van der Waals surface area contributed by atoms with Crippen molar-refractivity contribution in [1.82, 2.24) is 9.88 Å². The second-order valence-electron chi connectivity index (χ2n) is 4.88. The Labute approximate surface area is 116 Å². The van der Waals surface area contributed by atoms with Gasteiger partial charge in [-0.25, -0.2) is 4.98 Å². The van der Waals surface area contributed by atoms with Crippen LogP contribution in [0.4, 0.5) is 0 Å². The highest BCUT2D eigenvalue weighted by Crippen LogP contribution is 2.23. The maximum absolute atomic E-state index is 12.5. The molecule has 0 spiro atoms. The van der Waals surface area contributed by atoms with Crippen LogP contribution in [0.3, 0.4) is 0 Å². The number of nitrogens with zero attached hydrogens (tertiary/aromatic N) is 2. The van der Waals surface area contributed by atoms with Gasteiger partial charge < -0.3 is 4.90 Å². The first-order valence-corrected chi connectivity index (χ1v) is 7.27. The second kappa shape index (κ2) is 4.78. The molecule has 1 aliphatic heterocycles. The lowest BCUT2D eigenvalue weighted by Gasteiger charge is -2.28. The predicted octanol–water partition coefficient (Wildman–Crippen LogP) is 2.96. The number of fused-ring (bicyclic) bond motifs is 1. The van der Waals surface area contributed by atoms with E-state index >= 15 is 0 Å². The van der Waals surface area contributed by atoms with Gasteiger partial charge in [-0.3, -0.25) is 4.79 Å². The van der Waals surface area contributed by atoms with Gasteiger partial charge in [0.05, 0.1) is 5.01 Å². The molecule has 2 aromatic rings. The van der Waals surface area contributed by atoms with Crippen LogP contribution in [-0.4, -0.2) is 22.3 Å².